The molecule has 1 aliphatic rings. The Balaban J connectivity index is 2.19. The van der Waals surface area contributed by atoms with Crippen LogP contribution < -0.4 is 5.73 Å². The summed E-state index contributed by atoms with van der Waals surface area (Å²) in [5.41, 5.74) is 10.5. The van der Waals surface area contributed by atoms with Crippen LogP contribution in [0.15, 0.2) is 24.3 Å². The molecule has 0 aliphatic heterocycles. The Morgan fingerprint density at radius 2 is 2.00 bits per heavy atom. The molecule has 3 rings (SSSR count). The van der Waals surface area contributed by atoms with Gasteiger partial charge in [-0.25, -0.2) is 0 Å². The molecule has 0 atom stereocenters. The molecule has 0 saturated carbocycles. The Labute approximate surface area is 104 Å². The van der Waals surface area contributed by atoms with Crippen LogP contribution >= 0.6 is 11.3 Å². The second kappa shape index (κ2) is 3.70. The lowest BCUT2D eigenvalue weighted by molar-refractivity contribution is 0.102. The van der Waals surface area contributed by atoms with Gasteiger partial charge in [0.05, 0.1) is 4.88 Å². The number of rotatable bonds is 1. The average molecular weight is 243 g/mol. The average Bonchev–Trinajstić information content (AvgIpc) is 2.72. The molecule has 0 saturated heterocycles. The molecule has 2 aromatic rings. The van der Waals surface area contributed by atoms with Gasteiger partial charge < -0.3 is 5.73 Å². The van der Waals surface area contributed by atoms with Crippen molar-refractivity contribution in [1.29, 1.82) is 0 Å². The Hall–Kier alpha value is -1.61. The van der Waals surface area contributed by atoms with Crippen LogP contribution in [0.1, 0.15) is 27.7 Å². The number of hydrogen-bond acceptors (Lipinski definition) is 3. The highest BCUT2D eigenvalue weighted by Crippen LogP contribution is 2.40. The van der Waals surface area contributed by atoms with E-state index in [1.54, 1.807) is 18.3 Å². The molecule has 3 heteroatoms. The summed E-state index contributed by atoms with van der Waals surface area (Å²) < 4.78 is 0. The van der Waals surface area contributed by atoms with Crippen LogP contribution in [0.5, 0.6) is 0 Å². The first kappa shape index (κ1) is 10.5. The van der Waals surface area contributed by atoms with Gasteiger partial charge in [0.25, 0.3) is 0 Å². The van der Waals surface area contributed by atoms with Crippen LogP contribution in [-0.4, -0.2) is 5.78 Å². The molecule has 2 N–H and O–H groups in total. The molecule has 2 nitrogen and oxygen atoms in total. The lowest BCUT2D eigenvalue weighted by Gasteiger charge is -2.16. The fourth-order valence-corrected chi connectivity index (χ4v) is 3.49. The van der Waals surface area contributed by atoms with Gasteiger partial charge in [0.2, 0.25) is 0 Å². The number of ketones is 1. The number of Topliss-reactive ketones (excluding diaryl/α,β-unsaturated/α-hetero) is 1. The summed E-state index contributed by atoms with van der Waals surface area (Å²) in [5.74, 6) is 0.154. The molecule has 0 spiro atoms. The smallest absolute Gasteiger partial charge is 0.169 e. The minimum atomic E-state index is 0.154. The third-order valence-corrected chi connectivity index (χ3v) is 4.51. The van der Waals surface area contributed by atoms with E-state index >= 15 is 0 Å². The number of benzene rings is 1. The van der Waals surface area contributed by atoms with Crippen molar-refractivity contribution < 1.29 is 4.79 Å². The number of fused-ring (bicyclic) bond motifs is 3. The number of nitrogen functional groups attached to an aromatic ring is 1. The first-order valence-corrected chi connectivity index (χ1v) is 6.49. The molecule has 17 heavy (non-hydrogen) atoms. The Morgan fingerprint density at radius 3 is 2.76 bits per heavy atom. The molecule has 0 amide bonds. The van der Waals surface area contributed by atoms with E-state index in [1.165, 1.54) is 21.6 Å². The number of carbonyl (C=O) groups is 1. The third-order valence-electron chi connectivity index (χ3n) is 3.19. The number of aryl methyl sites for hydroxylation is 2. The summed E-state index contributed by atoms with van der Waals surface area (Å²) in [5, 5.41) is 0. The van der Waals surface area contributed by atoms with Gasteiger partial charge >= 0.3 is 0 Å². The molecule has 1 aromatic carbocycles. The van der Waals surface area contributed by atoms with Crippen molar-refractivity contribution in [2.75, 3.05) is 5.73 Å². The highest BCUT2D eigenvalue weighted by molar-refractivity contribution is 7.17. The first-order valence-electron chi connectivity index (χ1n) is 5.67. The fourth-order valence-electron chi connectivity index (χ4n) is 2.33. The molecule has 1 aromatic heterocycles. The zero-order valence-corrected chi connectivity index (χ0v) is 10.4. The molecule has 0 bridgehead atoms. The number of carbonyl (C=O) groups excluding carboxylic acids is 1. The molecular weight excluding hydrogens is 230 g/mol. The third kappa shape index (κ3) is 1.67. The minimum absolute atomic E-state index is 0.154. The predicted octanol–water partition coefficient (Wildman–Crippen LogP) is 3.30. The van der Waals surface area contributed by atoms with Gasteiger partial charge in [-0.15, -0.1) is 11.3 Å². The maximum Gasteiger partial charge on any atom is 0.169 e. The van der Waals surface area contributed by atoms with Crippen molar-refractivity contribution in [3.63, 3.8) is 0 Å². The molecule has 1 aliphatic carbocycles. The van der Waals surface area contributed by atoms with Crippen LogP contribution in [0.2, 0.25) is 0 Å². The zero-order chi connectivity index (χ0) is 12.0. The van der Waals surface area contributed by atoms with Gasteiger partial charge in [-0.1, -0.05) is 6.07 Å². The van der Waals surface area contributed by atoms with Crippen LogP contribution in [0.25, 0.3) is 10.4 Å². The molecule has 0 radical (unpaired) electrons. The zero-order valence-electron chi connectivity index (χ0n) is 9.62. The predicted molar refractivity (Wildman–Crippen MR) is 71.6 cm³/mol. The maximum absolute atomic E-state index is 11.4. The van der Waals surface area contributed by atoms with Crippen molar-refractivity contribution in [2.45, 2.75) is 19.8 Å². The van der Waals surface area contributed by atoms with E-state index in [4.69, 9.17) is 5.73 Å². The largest absolute Gasteiger partial charge is 0.399 e. The lowest BCUT2D eigenvalue weighted by atomic mass is 9.91. The second-order valence-corrected chi connectivity index (χ2v) is 5.49. The van der Waals surface area contributed by atoms with Gasteiger partial charge in [-0.2, -0.15) is 0 Å². The number of thiophene rings is 1. The maximum atomic E-state index is 11.4. The first-order chi connectivity index (χ1) is 8.15. The lowest BCUT2D eigenvalue weighted by Crippen LogP contribution is -2.01. The van der Waals surface area contributed by atoms with E-state index in [1.807, 2.05) is 18.2 Å². The Kier molecular flexibility index (Phi) is 2.30. The van der Waals surface area contributed by atoms with E-state index in [9.17, 15) is 4.79 Å². The summed E-state index contributed by atoms with van der Waals surface area (Å²) in [4.78, 5) is 13.5. The molecule has 86 valence electrons. The summed E-state index contributed by atoms with van der Waals surface area (Å²) >= 11 is 1.60. The molecular formula is C14H13NOS. The van der Waals surface area contributed by atoms with Crippen molar-refractivity contribution in [1.82, 2.24) is 0 Å². The Bertz CT molecular complexity index is 613. The van der Waals surface area contributed by atoms with Gasteiger partial charge in [-0.05, 0) is 54.7 Å². The fraction of sp³-hybridized carbons (Fsp3) is 0.214. The highest BCUT2D eigenvalue weighted by atomic mass is 32.1. The van der Waals surface area contributed by atoms with Gasteiger partial charge in [0.1, 0.15) is 0 Å². The summed E-state index contributed by atoms with van der Waals surface area (Å²) in [6.45, 7) is 1.63. The van der Waals surface area contributed by atoms with E-state index in [0.29, 0.717) is 0 Å². The quantitative estimate of drug-likeness (QED) is 0.617. The number of hydrogen-bond donors (Lipinski definition) is 1. The minimum Gasteiger partial charge on any atom is -0.399 e. The van der Waals surface area contributed by atoms with E-state index < -0.39 is 0 Å². The second-order valence-electron chi connectivity index (χ2n) is 4.44. The van der Waals surface area contributed by atoms with Crippen molar-refractivity contribution in [3.05, 3.63) is 40.3 Å². The number of nitrogens with two attached hydrogens (primary N) is 1. The van der Waals surface area contributed by atoms with Gasteiger partial charge in [-0.3, -0.25) is 4.79 Å². The number of anilines is 1. The van der Waals surface area contributed by atoms with Crippen LogP contribution in [0.3, 0.4) is 0 Å². The molecule has 0 unspecified atom stereocenters. The van der Waals surface area contributed by atoms with Crippen LogP contribution in [-0.2, 0) is 12.8 Å². The summed E-state index contributed by atoms with van der Waals surface area (Å²) in [7, 11) is 0. The normalized spacial score (nSPS) is 13.0. The molecule has 0 fully saturated rings. The molecule has 1 heterocycles. The summed E-state index contributed by atoms with van der Waals surface area (Å²) in [6, 6.07) is 8.09. The van der Waals surface area contributed by atoms with Gasteiger partial charge in [0.15, 0.2) is 5.78 Å². The monoisotopic (exact) mass is 243 g/mol. The van der Waals surface area contributed by atoms with Crippen molar-refractivity contribution in [2.24, 2.45) is 0 Å². The van der Waals surface area contributed by atoms with E-state index in [2.05, 4.69) is 6.07 Å². The van der Waals surface area contributed by atoms with E-state index in [0.717, 1.165) is 23.4 Å². The van der Waals surface area contributed by atoms with Crippen molar-refractivity contribution in [3.8, 4) is 10.4 Å². The summed E-state index contributed by atoms with van der Waals surface area (Å²) in [6.07, 6.45) is 2.02. The van der Waals surface area contributed by atoms with Crippen LogP contribution in [0.4, 0.5) is 5.69 Å². The standard InChI is InChI=1S/C14H13NOS/c1-8(16)13-7-10-3-2-9-6-11(15)4-5-12(9)14(10)17-13/h4-7H,2-3,15H2,1H3. The van der Waals surface area contributed by atoms with Gasteiger partial charge in [0, 0.05) is 10.6 Å². The van der Waals surface area contributed by atoms with Crippen LogP contribution in [0, 0.1) is 0 Å². The SMILES string of the molecule is CC(=O)c1cc2c(s1)-c1ccc(N)cc1CC2. The topological polar surface area (TPSA) is 43.1 Å². The van der Waals surface area contributed by atoms with Crippen molar-refractivity contribution >= 4 is 22.8 Å². The Morgan fingerprint density at radius 1 is 1.24 bits per heavy atom. The highest BCUT2D eigenvalue weighted by Gasteiger charge is 2.20. The van der Waals surface area contributed by atoms with E-state index in [-0.39, 0.29) is 5.78 Å².